The molecule has 1 aliphatic heterocycles. The van der Waals surface area contributed by atoms with Gasteiger partial charge in [-0.15, -0.1) is 0 Å². The molecule has 128 valence electrons. The molecule has 3 rings (SSSR count). The number of halogens is 1. The molecule has 1 aromatic heterocycles. The van der Waals surface area contributed by atoms with Crippen molar-refractivity contribution in [2.45, 2.75) is 13.3 Å². The molecule has 0 saturated carbocycles. The Kier molecular flexibility index (Phi) is 4.94. The first kappa shape index (κ1) is 16.9. The number of aryl methyl sites for hydroxylation is 1. The van der Waals surface area contributed by atoms with Crippen LogP contribution in [0.4, 0.5) is 10.1 Å². The summed E-state index contributed by atoms with van der Waals surface area (Å²) in [6.07, 6.45) is 2.52. The van der Waals surface area contributed by atoms with Gasteiger partial charge < -0.3 is 9.80 Å². The summed E-state index contributed by atoms with van der Waals surface area (Å²) < 4.78 is 14.1. The van der Waals surface area contributed by atoms with E-state index in [1.54, 1.807) is 23.2 Å². The van der Waals surface area contributed by atoms with Crippen LogP contribution in [0, 0.1) is 17.1 Å². The molecular weight excluding hydrogens is 319 g/mol. The zero-order valence-corrected chi connectivity index (χ0v) is 14.1. The van der Waals surface area contributed by atoms with Gasteiger partial charge in [0.2, 0.25) is 0 Å². The van der Waals surface area contributed by atoms with E-state index in [1.165, 1.54) is 6.07 Å². The summed E-state index contributed by atoms with van der Waals surface area (Å²) in [6, 6.07) is 10.1. The highest BCUT2D eigenvalue weighted by Crippen LogP contribution is 2.22. The molecule has 0 aliphatic carbocycles. The lowest BCUT2D eigenvalue weighted by Gasteiger charge is -2.36. The van der Waals surface area contributed by atoms with Gasteiger partial charge in [0.25, 0.3) is 5.91 Å². The summed E-state index contributed by atoms with van der Waals surface area (Å²) in [5.41, 5.74) is 2.31. The average molecular weight is 338 g/mol. The van der Waals surface area contributed by atoms with Crippen LogP contribution < -0.4 is 4.90 Å². The van der Waals surface area contributed by atoms with Crippen molar-refractivity contribution in [3.8, 4) is 6.07 Å². The van der Waals surface area contributed by atoms with E-state index in [4.69, 9.17) is 5.26 Å². The van der Waals surface area contributed by atoms with E-state index in [0.29, 0.717) is 43.1 Å². The van der Waals surface area contributed by atoms with Crippen LogP contribution in [0.25, 0.3) is 0 Å². The molecule has 0 spiro atoms. The molecule has 2 aromatic rings. The summed E-state index contributed by atoms with van der Waals surface area (Å²) in [5.74, 6) is -0.494. The van der Waals surface area contributed by atoms with Crippen LogP contribution in [0.5, 0.6) is 0 Å². The molecule has 0 unspecified atom stereocenters. The van der Waals surface area contributed by atoms with Gasteiger partial charge in [-0.3, -0.25) is 9.78 Å². The van der Waals surface area contributed by atoms with Gasteiger partial charge in [-0.1, -0.05) is 6.92 Å². The van der Waals surface area contributed by atoms with E-state index in [0.717, 1.165) is 12.0 Å². The number of pyridine rings is 1. The minimum absolute atomic E-state index is 0.0877. The lowest BCUT2D eigenvalue weighted by atomic mass is 10.1. The van der Waals surface area contributed by atoms with Crippen molar-refractivity contribution in [1.29, 1.82) is 5.26 Å². The van der Waals surface area contributed by atoms with Gasteiger partial charge in [-0.05, 0) is 42.3 Å². The van der Waals surface area contributed by atoms with Crippen LogP contribution in [0.2, 0.25) is 0 Å². The molecule has 1 fully saturated rings. The van der Waals surface area contributed by atoms with Crippen LogP contribution in [0.3, 0.4) is 0 Å². The quantitative estimate of drug-likeness (QED) is 0.863. The number of aromatic nitrogens is 1. The largest absolute Gasteiger partial charge is 0.366 e. The summed E-state index contributed by atoms with van der Waals surface area (Å²) in [5, 5.41) is 8.82. The molecule has 1 aromatic carbocycles. The van der Waals surface area contributed by atoms with Gasteiger partial charge in [0.1, 0.15) is 11.5 Å². The maximum absolute atomic E-state index is 14.1. The van der Waals surface area contributed by atoms with Crippen LogP contribution in [0.1, 0.15) is 28.5 Å². The van der Waals surface area contributed by atoms with E-state index in [-0.39, 0.29) is 5.91 Å². The molecule has 1 amide bonds. The molecule has 1 saturated heterocycles. The van der Waals surface area contributed by atoms with Gasteiger partial charge in [0, 0.05) is 32.4 Å². The third-order valence-electron chi connectivity index (χ3n) is 4.44. The van der Waals surface area contributed by atoms with E-state index < -0.39 is 5.82 Å². The Hall–Kier alpha value is -2.94. The first-order chi connectivity index (χ1) is 12.1. The normalized spacial score (nSPS) is 14.3. The molecule has 2 heterocycles. The maximum Gasteiger partial charge on any atom is 0.272 e. The third kappa shape index (κ3) is 3.61. The second-order valence-corrected chi connectivity index (χ2v) is 5.96. The number of nitrogens with zero attached hydrogens (tertiary/aromatic N) is 4. The van der Waals surface area contributed by atoms with Crippen molar-refractivity contribution in [2.75, 3.05) is 31.1 Å². The van der Waals surface area contributed by atoms with Crippen LogP contribution in [-0.2, 0) is 6.42 Å². The maximum atomic E-state index is 14.1. The predicted octanol–water partition coefficient (Wildman–Crippen LogP) is 2.62. The Bertz CT molecular complexity index is 822. The first-order valence-corrected chi connectivity index (χ1v) is 8.31. The fraction of sp³-hybridized carbons (Fsp3) is 0.316. The minimum Gasteiger partial charge on any atom is -0.366 e. The first-order valence-electron chi connectivity index (χ1n) is 8.31. The fourth-order valence-corrected chi connectivity index (χ4v) is 2.96. The topological polar surface area (TPSA) is 60.2 Å². The lowest BCUT2D eigenvalue weighted by Crippen LogP contribution is -2.49. The Labute approximate surface area is 146 Å². The van der Waals surface area contributed by atoms with E-state index in [2.05, 4.69) is 4.98 Å². The van der Waals surface area contributed by atoms with Crippen molar-refractivity contribution in [1.82, 2.24) is 9.88 Å². The Morgan fingerprint density at radius 2 is 2.00 bits per heavy atom. The Balaban J connectivity index is 1.67. The molecule has 0 radical (unpaired) electrons. The minimum atomic E-state index is -0.406. The zero-order valence-electron chi connectivity index (χ0n) is 14.1. The number of carbonyl (C=O) groups is 1. The van der Waals surface area contributed by atoms with Crippen molar-refractivity contribution in [3.63, 3.8) is 0 Å². The number of hydrogen-bond donors (Lipinski definition) is 0. The number of anilines is 1. The SMILES string of the molecule is CCc1ccnc(C(=O)N2CCN(c3ccc(C#N)cc3F)CC2)c1. The van der Waals surface area contributed by atoms with Gasteiger partial charge in [0.05, 0.1) is 17.3 Å². The monoisotopic (exact) mass is 338 g/mol. The molecular formula is C19H19FN4O. The van der Waals surface area contributed by atoms with E-state index in [9.17, 15) is 9.18 Å². The lowest BCUT2D eigenvalue weighted by molar-refractivity contribution is 0.0740. The number of piperazine rings is 1. The average Bonchev–Trinajstić information content (AvgIpc) is 2.67. The summed E-state index contributed by atoms with van der Waals surface area (Å²) in [4.78, 5) is 20.4. The molecule has 6 heteroatoms. The van der Waals surface area contributed by atoms with Crippen LogP contribution >= 0.6 is 0 Å². The second kappa shape index (κ2) is 7.31. The smallest absolute Gasteiger partial charge is 0.272 e. The number of rotatable bonds is 3. The van der Waals surface area contributed by atoms with Gasteiger partial charge >= 0.3 is 0 Å². The molecule has 0 N–H and O–H groups in total. The number of amides is 1. The fourth-order valence-electron chi connectivity index (χ4n) is 2.96. The van der Waals surface area contributed by atoms with Crippen LogP contribution in [-0.4, -0.2) is 42.0 Å². The highest BCUT2D eigenvalue weighted by atomic mass is 19.1. The number of carbonyl (C=O) groups excluding carboxylic acids is 1. The molecule has 5 nitrogen and oxygen atoms in total. The number of hydrogen-bond acceptors (Lipinski definition) is 4. The molecule has 0 bridgehead atoms. The highest BCUT2D eigenvalue weighted by Gasteiger charge is 2.24. The zero-order chi connectivity index (χ0) is 17.8. The number of nitriles is 1. The van der Waals surface area contributed by atoms with Gasteiger partial charge in [-0.25, -0.2) is 4.39 Å². The predicted molar refractivity (Wildman–Crippen MR) is 92.8 cm³/mol. The highest BCUT2D eigenvalue weighted by molar-refractivity contribution is 5.92. The van der Waals surface area contributed by atoms with E-state index in [1.807, 2.05) is 30.0 Å². The van der Waals surface area contributed by atoms with E-state index >= 15 is 0 Å². The summed E-state index contributed by atoms with van der Waals surface area (Å²) in [6.45, 7) is 4.14. The summed E-state index contributed by atoms with van der Waals surface area (Å²) >= 11 is 0. The van der Waals surface area contributed by atoms with Gasteiger partial charge in [0.15, 0.2) is 0 Å². The van der Waals surface area contributed by atoms with Gasteiger partial charge in [-0.2, -0.15) is 5.26 Å². The van der Waals surface area contributed by atoms with Crippen molar-refractivity contribution >= 4 is 11.6 Å². The Morgan fingerprint density at radius 1 is 1.24 bits per heavy atom. The summed E-state index contributed by atoms with van der Waals surface area (Å²) in [7, 11) is 0. The number of benzene rings is 1. The molecule has 1 aliphatic rings. The van der Waals surface area contributed by atoms with Crippen molar-refractivity contribution < 1.29 is 9.18 Å². The van der Waals surface area contributed by atoms with Crippen LogP contribution in [0.15, 0.2) is 36.5 Å². The van der Waals surface area contributed by atoms with Crippen molar-refractivity contribution in [2.24, 2.45) is 0 Å². The second-order valence-electron chi connectivity index (χ2n) is 5.96. The standard InChI is InChI=1S/C19H19FN4O/c1-2-14-5-6-22-17(12-14)19(25)24-9-7-23(8-10-24)18-4-3-15(13-21)11-16(18)20/h3-6,11-12H,2,7-10H2,1H3. The molecule has 0 atom stereocenters. The Morgan fingerprint density at radius 3 is 2.64 bits per heavy atom. The third-order valence-corrected chi connectivity index (χ3v) is 4.44. The van der Waals surface area contributed by atoms with Crippen molar-refractivity contribution in [3.05, 3.63) is 59.2 Å². The molecule has 25 heavy (non-hydrogen) atoms.